The molecule has 0 aliphatic rings. The summed E-state index contributed by atoms with van der Waals surface area (Å²) in [6.07, 6.45) is 6.59. The van der Waals surface area contributed by atoms with Crippen LogP contribution in [0.1, 0.15) is 24.4 Å². The van der Waals surface area contributed by atoms with Crippen LogP contribution in [0.3, 0.4) is 0 Å². The highest BCUT2D eigenvalue weighted by Gasteiger charge is 2.20. The van der Waals surface area contributed by atoms with Gasteiger partial charge in [0.25, 0.3) is 5.56 Å². The van der Waals surface area contributed by atoms with Gasteiger partial charge in [0, 0.05) is 30.4 Å². The van der Waals surface area contributed by atoms with Crippen LogP contribution in [-0.2, 0) is 0 Å². The van der Waals surface area contributed by atoms with Crippen LogP contribution in [0.5, 0.6) is 0 Å². The van der Waals surface area contributed by atoms with Crippen molar-refractivity contribution in [1.29, 1.82) is 0 Å². The predicted molar refractivity (Wildman–Crippen MR) is 116 cm³/mol. The lowest BCUT2D eigenvalue weighted by atomic mass is 10.2. The highest BCUT2D eigenvalue weighted by molar-refractivity contribution is 6.30. The van der Waals surface area contributed by atoms with Crippen molar-refractivity contribution in [3.63, 3.8) is 0 Å². The zero-order valence-corrected chi connectivity index (χ0v) is 17.4. The van der Waals surface area contributed by atoms with Gasteiger partial charge in [0.05, 0.1) is 27.7 Å². The van der Waals surface area contributed by atoms with E-state index in [1.54, 1.807) is 51.8 Å². The molecule has 0 saturated carbocycles. The Morgan fingerprint density at radius 2 is 1.94 bits per heavy atom. The number of aryl methyl sites for hydroxylation is 1. The molecule has 0 aliphatic heterocycles. The molecule has 0 unspecified atom stereocenters. The monoisotopic (exact) mass is 434 g/mol. The van der Waals surface area contributed by atoms with Crippen LogP contribution in [-0.4, -0.2) is 29.1 Å². The lowest BCUT2D eigenvalue weighted by molar-refractivity contribution is 0.575. The van der Waals surface area contributed by atoms with Gasteiger partial charge in [0.2, 0.25) is 0 Å². The van der Waals surface area contributed by atoms with E-state index in [0.29, 0.717) is 33.0 Å². The van der Waals surface area contributed by atoms with E-state index in [-0.39, 0.29) is 11.2 Å². The van der Waals surface area contributed by atoms with Crippen molar-refractivity contribution in [1.82, 2.24) is 29.1 Å². The van der Waals surface area contributed by atoms with Crippen molar-refractivity contribution in [2.24, 2.45) is 0 Å². The largest absolute Gasteiger partial charge is 0.304 e. The van der Waals surface area contributed by atoms with Crippen LogP contribution in [0.15, 0.2) is 59.9 Å². The Bertz CT molecular complexity index is 1510. The summed E-state index contributed by atoms with van der Waals surface area (Å²) in [6, 6.07) is 7.83. The first-order valence-corrected chi connectivity index (χ1v) is 9.94. The minimum Gasteiger partial charge on any atom is -0.304 e. The topological polar surface area (TPSA) is 78.0 Å². The van der Waals surface area contributed by atoms with E-state index in [4.69, 9.17) is 11.6 Å². The maximum Gasteiger partial charge on any atom is 0.260 e. The Kier molecular flexibility index (Phi) is 4.51. The molecule has 5 aromatic rings. The molecule has 9 heteroatoms. The van der Waals surface area contributed by atoms with E-state index in [1.165, 1.54) is 12.3 Å². The van der Waals surface area contributed by atoms with Gasteiger partial charge in [0.1, 0.15) is 0 Å². The second-order valence-electron chi connectivity index (χ2n) is 7.34. The van der Waals surface area contributed by atoms with E-state index in [1.807, 2.05) is 13.8 Å². The van der Waals surface area contributed by atoms with Crippen LogP contribution in [0.25, 0.3) is 27.8 Å². The number of pyridine rings is 4. The Hall–Kier alpha value is -3.65. The third-order valence-corrected chi connectivity index (χ3v) is 5.44. The summed E-state index contributed by atoms with van der Waals surface area (Å²) < 4.78 is 17.9. The van der Waals surface area contributed by atoms with Gasteiger partial charge in [-0.1, -0.05) is 11.6 Å². The average Bonchev–Trinajstić information content (AvgIpc) is 3.19. The second-order valence-corrected chi connectivity index (χ2v) is 7.78. The molecule has 0 N–H and O–H groups in total. The summed E-state index contributed by atoms with van der Waals surface area (Å²) in [5, 5.41) is 9.17. The van der Waals surface area contributed by atoms with Gasteiger partial charge in [-0.2, -0.15) is 0 Å². The van der Waals surface area contributed by atoms with Gasteiger partial charge >= 0.3 is 0 Å². The van der Waals surface area contributed by atoms with Crippen LogP contribution in [0, 0.1) is 12.7 Å². The summed E-state index contributed by atoms with van der Waals surface area (Å²) in [5.41, 5.74) is 2.49. The molecule has 0 saturated heterocycles. The van der Waals surface area contributed by atoms with Gasteiger partial charge in [0.15, 0.2) is 17.3 Å². The lowest BCUT2D eigenvalue weighted by Crippen LogP contribution is -2.25. The Morgan fingerprint density at radius 3 is 2.71 bits per heavy atom. The van der Waals surface area contributed by atoms with Gasteiger partial charge in [-0.3, -0.25) is 19.2 Å². The maximum atomic E-state index is 14.8. The van der Waals surface area contributed by atoms with E-state index < -0.39 is 11.9 Å². The SMILES string of the molecule is Cc1cnc2ccn([C@H](C)c3nnc4c(F)cc(-c5ccc(Cl)cn5)cn34)c(=O)c2c1. The van der Waals surface area contributed by atoms with Crippen molar-refractivity contribution in [3.8, 4) is 11.3 Å². The Labute approximate surface area is 180 Å². The van der Waals surface area contributed by atoms with Crippen molar-refractivity contribution in [3.05, 3.63) is 87.7 Å². The van der Waals surface area contributed by atoms with Crippen LogP contribution >= 0.6 is 11.6 Å². The third-order valence-electron chi connectivity index (χ3n) is 5.21. The fraction of sp³-hybridized carbons (Fsp3) is 0.136. The number of fused-ring (bicyclic) bond motifs is 2. The average molecular weight is 435 g/mol. The molecule has 154 valence electrons. The first-order valence-electron chi connectivity index (χ1n) is 9.56. The Balaban J connectivity index is 1.66. The van der Waals surface area contributed by atoms with Crippen molar-refractivity contribution in [2.75, 3.05) is 0 Å². The van der Waals surface area contributed by atoms with Gasteiger partial charge in [-0.05, 0) is 49.7 Å². The number of hydrogen-bond acceptors (Lipinski definition) is 5. The molecular formula is C22H16ClFN6O. The van der Waals surface area contributed by atoms with Crippen molar-refractivity contribution < 1.29 is 4.39 Å². The summed E-state index contributed by atoms with van der Waals surface area (Å²) in [6.45, 7) is 3.70. The molecule has 0 amide bonds. The molecule has 0 radical (unpaired) electrons. The molecule has 5 rings (SSSR count). The molecule has 0 bridgehead atoms. The molecule has 1 atom stereocenters. The molecule has 31 heavy (non-hydrogen) atoms. The lowest BCUT2D eigenvalue weighted by Gasteiger charge is -2.15. The molecule has 0 fully saturated rings. The van der Waals surface area contributed by atoms with E-state index in [0.717, 1.165) is 5.56 Å². The molecule has 5 aromatic heterocycles. The van der Waals surface area contributed by atoms with E-state index in [9.17, 15) is 9.18 Å². The summed E-state index contributed by atoms with van der Waals surface area (Å²) >= 11 is 5.91. The van der Waals surface area contributed by atoms with E-state index >= 15 is 0 Å². The normalized spacial score (nSPS) is 12.5. The van der Waals surface area contributed by atoms with Crippen LogP contribution in [0.2, 0.25) is 5.02 Å². The zero-order chi connectivity index (χ0) is 21.7. The van der Waals surface area contributed by atoms with Gasteiger partial charge in [-0.15, -0.1) is 10.2 Å². The quantitative estimate of drug-likeness (QED) is 0.425. The van der Waals surface area contributed by atoms with Crippen LogP contribution in [0.4, 0.5) is 4.39 Å². The number of hydrogen-bond donors (Lipinski definition) is 0. The highest BCUT2D eigenvalue weighted by atomic mass is 35.5. The van der Waals surface area contributed by atoms with E-state index in [2.05, 4.69) is 20.2 Å². The smallest absolute Gasteiger partial charge is 0.260 e. The fourth-order valence-corrected chi connectivity index (χ4v) is 3.73. The number of rotatable bonds is 3. The number of halogens is 2. The van der Waals surface area contributed by atoms with Gasteiger partial charge in [-0.25, -0.2) is 4.39 Å². The number of nitrogens with zero attached hydrogens (tertiary/aromatic N) is 6. The second kappa shape index (κ2) is 7.24. The van der Waals surface area contributed by atoms with Gasteiger partial charge < -0.3 is 4.57 Å². The summed E-state index contributed by atoms with van der Waals surface area (Å²) in [4.78, 5) is 21.7. The molecule has 7 nitrogen and oxygen atoms in total. The predicted octanol–water partition coefficient (Wildman–Crippen LogP) is 4.21. The standard InChI is InChI=1S/C22H16ClFN6O/c1-12-7-16-19(25-9-12)5-6-29(22(16)31)13(2)20-27-28-21-17(24)8-14(11-30(20)21)18-4-3-15(23)10-26-18/h3-11,13H,1-2H3/t13-/m1/s1. The third kappa shape index (κ3) is 3.25. The minimum absolute atomic E-state index is 0.0749. The molecule has 0 aromatic carbocycles. The highest BCUT2D eigenvalue weighted by Crippen LogP contribution is 2.24. The molecule has 5 heterocycles. The molecule has 0 spiro atoms. The number of aromatic nitrogens is 6. The Morgan fingerprint density at radius 1 is 1.10 bits per heavy atom. The first-order chi connectivity index (χ1) is 14.9. The zero-order valence-electron chi connectivity index (χ0n) is 16.6. The van der Waals surface area contributed by atoms with Crippen LogP contribution < -0.4 is 5.56 Å². The first kappa shape index (κ1) is 19.3. The minimum atomic E-state index is -0.536. The fourth-order valence-electron chi connectivity index (χ4n) is 3.61. The van der Waals surface area contributed by atoms with Crippen molar-refractivity contribution >= 4 is 28.2 Å². The maximum absolute atomic E-state index is 14.8. The summed E-state index contributed by atoms with van der Waals surface area (Å²) in [7, 11) is 0. The molecule has 0 aliphatic carbocycles. The summed E-state index contributed by atoms with van der Waals surface area (Å²) in [5.74, 6) is -0.113. The van der Waals surface area contributed by atoms with Crippen molar-refractivity contribution in [2.45, 2.75) is 19.9 Å². The molecular weight excluding hydrogens is 419 g/mol.